The largest absolute Gasteiger partial charge is 0.361 e. The molecular formula is C18H13ClN4O2S2. The fourth-order valence-corrected chi connectivity index (χ4v) is 4.43. The van der Waals surface area contributed by atoms with Gasteiger partial charge in [-0.15, -0.1) is 0 Å². The van der Waals surface area contributed by atoms with Gasteiger partial charge in [0.1, 0.15) is 10.8 Å². The summed E-state index contributed by atoms with van der Waals surface area (Å²) in [6.07, 6.45) is 1.66. The summed E-state index contributed by atoms with van der Waals surface area (Å²) in [7, 11) is 0. The molecule has 0 atom stereocenters. The highest BCUT2D eigenvalue weighted by Crippen LogP contribution is 2.29. The number of aromatic nitrogens is 3. The van der Waals surface area contributed by atoms with Crippen molar-refractivity contribution in [2.45, 2.75) is 17.7 Å². The van der Waals surface area contributed by atoms with Gasteiger partial charge in [-0.1, -0.05) is 39.9 Å². The van der Waals surface area contributed by atoms with E-state index < -0.39 is 0 Å². The molecule has 3 heterocycles. The molecule has 0 fully saturated rings. The van der Waals surface area contributed by atoms with E-state index in [1.54, 1.807) is 24.4 Å². The average molecular weight is 417 g/mol. The van der Waals surface area contributed by atoms with Gasteiger partial charge in [0.05, 0.1) is 21.5 Å². The third-order valence-corrected chi connectivity index (χ3v) is 5.83. The molecule has 4 rings (SSSR count). The number of nitrogens with one attached hydrogen (secondary N) is 1. The number of hydrogen-bond donors (Lipinski definition) is 1. The van der Waals surface area contributed by atoms with Crippen molar-refractivity contribution in [3.8, 4) is 0 Å². The van der Waals surface area contributed by atoms with Crippen LogP contribution >= 0.6 is 34.7 Å². The number of thioether (sulfide) groups is 1. The van der Waals surface area contributed by atoms with Crippen LogP contribution < -0.4 is 5.32 Å². The summed E-state index contributed by atoms with van der Waals surface area (Å²) in [5.41, 5.74) is 2.08. The van der Waals surface area contributed by atoms with Crippen molar-refractivity contribution in [2.24, 2.45) is 0 Å². The molecule has 3 aromatic heterocycles. The lowest BCUT2D eigenvalue weighted by molar-refractivity contribution is 0.102. The number of thiazole rings is 1. The maximum atomic E-state index is 12.7. The van der Waals surface area contributed by atoms with Gasteiger partial charge < -0.3 is 4.52 Å². The first-order valence-electron chi connectivity index (χ1n) is 7.96. The first kappa shape index (κ1) is 18.0. The summed E-state index contributed by atoms with van der Waals surface area (Å²) in [6, 6.07) is 10.8. The Hall–Kier alpha value is -2.42. The van der Waals surface area contributed by atoms with Crippen LogP contribution in [-0.4, -0.2) is 21.0 Å². The van der Waals surface area contributed by atoms with Gasteiger partial charge in [-0.3, -0.25) is 10.1 Å². The highest BCUT2D eigenvalue weighted by molar-refractivity contribution is 7.98. The van der Waals surface area contributed by atoms with E-state index in [2.05, 4.69) is 20.4 Å². The van der Waals surface area contributed by atoms with Crippen LogP contribution in [0.3, 0.4) is 0 Å². The highest BCUT2D eigenvalue weighted by atomic mass is 35.5. The van der Waals surface area contributed by atoms with Crippen LogP contribution in [0.15, 0.2) is 52.1 Å². The maximum absolute atomic E-state index is 12.7. The van der Waals surface area contributed by atoms with Crippen LogP contribution in [0.25, 0.3) is 10.2 Å². The number of carbonyl (C=O) groups is 1. The first-order valence-corrected chi connectivity index (χ1v) is 10.1. The molecular weight excluding hydrogens is 404 g/mol. The number of halogens is 1. The lowest BCUT2D eigenvalue weighted by Gasteiger charge is -2.06. The third kappa shape index (κ3) is 4.13. The summed E-state index contributed by atoms with van der Waals surface area (Å²) in [4.78, 5) is 21.5. The van der Waals surface area contributed by atoms with E-state index in [1.807, 2.05) is 25.1 Å². The van der Waals surface area contributed by atoms with E-state index in [4.69, 9.17) is 16.1 Å². The number of hydrogen-bond acceptors (Lipinski definition) is 7. The number of aryl methyl sites for hydroxylation is 1. The zero-order chi connectivity index (χ0) is 18.8. The Balaban J connectivity index is 1.52. The molecule has 1 aromatic carbocycles. The minimum Gasteiger partial charge on any atom is -0.361 e. The molecule has 1 amide bonds. The zero-order valence-electron chi connectivity index (χ0n) is 14.1. The van der Waals surface area contributed by atoms with Crippen molar-refractivity contribution >= 4 is 56.0 Å². The average Bonchev–Trinajstić information content (AvgIpc) is 3.25. The monoisotopic (exact) mass is 416 g/mol. The number of rotatable bonds is 5. The van der Waals surface area contributed by atoms with Crippen molar-refractivity contribution in [2.75, 3.05) is 5.32 Å². The Bertz CT molecular complexity index is 1130. The van der Waals surface area contributed by atoms with Crippen molar-refractivity contribution in [3.05, 3.63) is 64.6 Å². The zero-order valence-corrected chi connectivity index (χ0v) is 16.5. The van der Waals surface area contributed by atoms with Gasteiger partial charge in [-0.25, -0.2) is 9.97 Å². The molecule has 136 valence electrons. The molecule has 0 bridgehead atoms. The summed E-state index contributed by atoms with van der Waals surface area (Å²) in [5, 5.41) is 8.59. The fraction of sp³-hybridized carbons (Fsp3) is 0.111. The molecule has 27 heavy (non-hydrogen) atoms. The first-order chi connectivity index (χ1) is 13.1. The van der Waals surface area contributed by atoms with E-state index in [-0.39, 0.29) is 5.91 Å². The summed E-state index contributed by atoms with van der Waals surface area (Å²) < 4.78 is 5.98. The molecule has 0 unspecified atom stereocenters. The molecule has 0 saturated heterocycles. The molecule has 0 saturated carbocycles. The normalized spacial score (nSPS) is 11.0. The Kier molecular flexibility index (Phi) is 5.11. The summed E-state index contributed by atoms with van der Waals surface area (Å²) in [5.74, 6) is 1.06. The maximum Gasteiger partial charge on any atom is 0.260 e. The van der Waals surface area contributed by atoms with Gasteiger partial charge in [-0.2, -0.15) is 0 Å². The Morgan fingerprint density at radius 1 is 1.33 bits per heavy atom. The van der Waals surface area contributed by atoms with Gasteiger partial charge in [0.15, 0.2) is 5.13 Å². The van der Waals surface area contributed by atoms with E-state index in [1.165, 1.54) is 23.1 Å². The van der Waals surface area contributed by atoms with Crippen LogP contribution in [0.4, 0.5) is 5.13 Å². The van der Waals surface area contributed by atoms with Crippen molar-refractivity contribution in [1.29, 1.82) is 0 Å². The topological polar surface area (TPSA) is 80.9 Å². The minimum absolute atomic E-state index is 0.257. The third-order valence-electron chi connectivity index (χ3n) is 3.62. The predicted molar refractivity (Wildman–Crippen MR) is 108 cm³/mol. The molecule has 1 N–H and O–H groups in total. The number of amides is 1. The van der Waals surface area contributed by atoms with E-state index in [0.717, 1.165) is 21.7 Å². The lowest BCUT2D eigenvalue weighted by atomic mass is 10.3. The van der Waals surface area contributed by atoms with Crippen LogP contribution in [0.1, 0.15) is 21.8 Å². The molecule has 4 aromatic rings. The van der Waals surface area contributed by atoms with Crippen LogP contribution in [0, 0.1) is 6.92 Å². The number of anilines is 1. The van der Waals surface area contributed by atoms with Gasteiger partial charge >= 0.3 is 0 Å². The summed E-state index contributed by atoms with van der Waals surface area (Å²) in [6.45, 7) is 1.84. The number of fused-ring (bicyclic) bond motifs is 1. The van der Waals surface area contributed by atoms with Crippen LogP contribution in [0.5, 0.6) is 0 Å². The Morgan fingerprint density at radius 3 is 3.04 bits per heavy atom. The Morgan fingerprint density at radius 2 is 2.22 bits per heavy atom. The van der Waals surface area contributed by atoms with E-state index in [0.29, 0.717) is 26.5 Å². The predicted octanol–water partition coefficient (Wildman–Crippen LogP) is 5.19. The molecule has 0 aliphatic rings. The standard InChI is InChI=1S/C18H13ClN4O2S2/c1-10-7-12(23-25-10)9-26-17-13(3-2-6-20-17)16(24)22-18-21-14-5-4-11(19)8-15(14)27-18/h2-8H,9H2,1H3,(H,21,22,24). The van der Waals surface area contributed by atoms with Crippen molar-refractivity contribution in [3.63, 3.8) is 0 Å². The number of benzene rings is 1. The van der Waals surface area contributed by atoms with Crippen LogP contribution in [-0.2, 0) is 5.75 Å². The quantitative estimate of drug-likeness (QED) is 0.451. The molecule has 9 heteroatoms. The van der Waals surface area contributed by atoms with E-state index >= 15 is 0 Å². The van der Waals surface area contributed by atoms with Crippen molar-refractivity contribution in [1.82, 2.24) is 15.1 Å². The molecule has 0 aliphatic carbocycles. The van der Waals surface area contributed by atoms with Gasteiger partial charge in [0, 0.05) is 23.0 Å². The fourth-order valence-electron chi connectivity index (χ4n) is 2.42. The van der Waals surface area contributed by atoms with Crippen molar-refractivity contribution < 1.29 is 9.32 Å². The smallest absolute Gasteiger partial charge is 0.260 e. The van der Waals surface area contributed by atoms with Gasteiger partial charge in [0.2, 0.25) is 0 Å². The van der Waals surface area contributed by atoms with Crippen LogP contribution in [0.2, 0.25) is 5.02 Å². The summed E-state index contributed by atoms with van der Waals surface area (Å²) >= 11 is 8.81. The molecule has 0 aliphatic heterocycles. The van der Waals surface area contributed by atoms with Gasteiger partial charge in [0.25, 0.3) is 5.91 Å². The number of pyridine rings is 1. The Labute approximate surface area is 168 Å². The highest BCUT2D eigenvalue weighted by Gasteiger charge is 2.16. The van der Waals surface area contributed by atoms with Gasteiger partial charge in [-0.05, 0) is 37.3 Å². The molecule has 0 spiro atoms. The second kappa shape index (κ2) is 7.67. The SMILES string of the molecule is Cc1cc(CSc2ncccc2C(=O)Nc2nc3ccc(Cl)cc3s2)no1. The second-order valence-corrected chi connectivity index (χ2v) is 8.09. The lowest BCUT2D eigenvalue weighted by Crippen LogP contribution is -2.13. The molecule has 0 radical (unpaired) electrons. The minimum atomic E-state index is -0.257. The second-order valence-electron chi connectivity index (χ2n) is 5.66. The number of nitrogens with zero attached hydrogens (tertiary/aromatic N) is 3. The van der Waals surface area contributed by atoms with E-state index in [9.17, 15) is 4.79 Å². The number of carbonyl (C=O) groups excluding carboxylic acids is 1. The molecule has 6 nitrogen and oxygen atoms in total.